The van der Waals surface area contributed by atoms with E-state index in [4.69, 9.17) is 5.73 Å². The molecule has 0 amide bonds. The van der Waals surface area contributed by atoms with Crippen molar-refractivity contribution in [3.05, 3.63) is 29.8 Å². The molecule has 0 saturated carbocycles. The van der Waals surface area contributed by atoms with Crippen molar-refractivity contribution in [3.63, 3.8) is 0 Å². The number of hydrogen-bond acceptors (Lipinski definition) is 5. The number of nitrogens with two attached hydrogens (primary N) is 1. The van der Waals surface area contributed by atoms with Gasteiger partial charge in [-0.15, -0.1) is 5.10 Å². The number of hydrogen-bond donors (Lipinski definition) is 1. The molecular formula is C13H18N4O2S. The summed E-state index contributed by atoms with van der Waals surface area (Å²) < 4.78 is 25.3. The van der Waals surface area contributed by atoms with E-state index in [1.54, 1.807) is 19.0 Å². The maximum absolute atomic E-state index is 11.9. The van der Waals surface area contributed by atoms with Gasteiger partial charge < -0.3 is 10.6 Å². The second-order valence-electron chi connectivity index (χ2n) is 4.96. The number of rotatable bonds is 3. The maximum Gasteiger partial charge on any atom is 0.182 e. The van der Waals surface area contributed by atoms with Crippen molar-refractivity contribution in [2.75, 3.05) is 31.0 Å². The van der Waals surface area contributed by atoms with Gasteiger partial charge >= 0.3 is 0 Å². The second kappa shape index (κ2) is 4.82. The van der Waals surface area contributed by atoms with Gasteiger partial charge in [-0.05, 0) is 24.6 Å². The van der Waals surface area contributed by atoms with Crippen molar-refractivity contribution in [2.45, 2.75) is 11.8 Å². The largest absolute Gasteiger partial charge is 0.382 e. The van der Waals surface area contributed by atoms with E-state index in [9.17, 15) is 8.42 Å². The van der Waals surface area contributed by atoms with Crippen LogP contribution in [0.15, 0.2) is 29.2 Å². The van der Waals surface area contributed by atoms with Crippen LogP contribution in [0.1, 0.15) is 5.56 Å². The SMILES string of the molecule is Cc1cccc(-n2nc(N(C)C)c(S(C)(=O)=O)c2N)c1. The Hall–Kier alpha value is -2.02. The predicted molar refractivity (Wildman–Crippen MR) is 80.2 cm³/mol. The highest BCUT2D eigenvalue weighted by atomic mass is 32.2. The van der Waals surface area contributed by atoms with Crippen LogP contribution < -0.4 is 10.6 Å². The lowest BCUT2D eigenvalue weighted by atomic mass is 10.2. The summed E-state index contributed by atoms with van der Waals surface area (Å²) >= 11 is 0. The van der Waals surface area contributed by atoms with Crippen molar-refractivity contribution in [1.82, 2.24) is 9.78 Å². The van der Waals surface area contributed by atoms with Crippen LogP contribution in [0.3, 0.4) is 0 Å². The molecule has 1 aromatic heterocycles. The molecule has 0 spiro atoms. The van der Waals surface area contributed by atoms with E-state index in [2.05, 4.69) is 5.10 Å². The summed E-state index contributed by atoms with van der Waals surface area (Å²) in [6.45, 7) is 1.95. The van der Waals surface area contributed by atoms with Crippen molar-refractivity contribution in [1.29, 1.82) is 0 Å². The first-order chi connectivity index (χ1) is 9.21. The molecule has 2 aromatic rings. The van der Waals surface area contributed by atoms with Crippen LogP contribution >= 0.6 is 0 Å². The number of nitrogen functional groups attached to an aromatic ring is 1. The third-order valence-corrected chi connectivity index (χ3v) is 4.03. The summed E-state index contributed by atoms with van der Waals surface area (Å²) in [5.74, 6) is 0.466. The number of nitrogens with zero attached hydrogens (tertiary/aromatic N) is 3. The quantitative estimate of drug-likeness (QED) is 0.921. The smallest absolute Gasteiger partial charge is 0.182 e. The van der Waals surface area contributed by atoms with Crippen LogP contribution in [0, 0.1) is 6.92 Å². The van der Waals surface area contributed by atoms with Gasteiger partial charge in [-0.3, -0.25) is 0 Å². The zero-order chi connectivity index (χ0) is 15.1. The Morgan fingerprint density at radius 1 is 1.30 bits per heavy atom. The first-order valence-corrected chi connectivity index (χ1v) is 7.94. The van der Waals surface area contributed by atoms with Crippen LogP contribution in [-0.2, 0) is 9.84 Å². The number of sulfone groups is 1. The molecule has 108 valence electrons. The molecule has 0 bridgehead atoms. The molecule has 0 aliphatic heterocycles. The van der Waals surface area contributed by atoms with Crippen molar-refractivity contribution in [3.8, 4) is 5.69 Å². The molecule has 0 saturated heterocycles. The van der Waals surface area contributed by atoms with Crippen molar-refractivity contribution in [2.24, 2.45) is 0 Å². The Morgan fingerprint density at radius 2 is 1.95 bits per heavy atom. The van der Waals surface area contributed by atoms with Gasteiger partial charge in [0.25, 0.3) is 0 Å². The van der Waals surface area contributed by atoms with E-state index >= 15 is 0 Å². The van der Waals surface area contributed by atoms with Gasteiger partial charge in [0.1, 0.15) is 5.82 Å². The van der Waals surface area contributed by atoms with E-state index < -0.39 is 9.84 Å². The zero-order valence-electron chi connectivity index (χ0n) is 12.0. The van der Waals surface area contributed by atoms with Gasteiger partial charge in [-0.1, -0.05) is 12.1 Å². The zero-order valence-corrected chi connectivity index (χ0v) is 12.8. The highest BCUT2D eigenvalue weighted by molar-refractivity contribution is 7.91. The normalized spacial score (nSPS) is 11.6. The van der Waals surface area contributed by atoms with Crippen LogP contribution in [0.2, 0.25) is 0 Å². The lowest BCUT2D eigenvalue weighted by molar-refractivity contribution is 0.602. The molecule has 6 nitrogen and oxygen atoms in total. The molecule has 1 aromatic carbocycles. The summed E-state index contributed by atoms with van der Waals surface area (Å²) in [5, 5.41) is 4.33. The molecule has 0 radical (unpaired) electrons. The third kappa shape index (κ3) is 2.49. The highest BCUT2D eigenvalue weighted by Gasteiger charge is 2.25. The third-order valence-electron chi connectivity index (χ3n) is 2.90. The number of benzene rings is 1. The molecule has 0 unspecified atom stereocenters. The van der Waals surface area contributed by atoms with Gasteiger partial charge in [0.05, 0.1) is 5.69 Å². The van der Waals surface area contributed by atoms with Gasteiger partial charge in [-0.25, -0.2) is 13.1 Å². The summed E-state index contributed by atoms with van der Waals surface area (Å²) in [6.07, 6.45) is 1.13. The Balaban J connectivity index is 2.75. The Labute approximate surface area is 118 Å². The monoisotopic (exact) mass is 294 g/mol. The Bertz CT molecular complexity index is 748. The van der Waals surface area contributed by atoms with Crippen LogP contribution in [0.5, 0.6) is 0 Å². The van der Waals surface area contributed by atoms with Crippen molar-refractivity contribution < 1.29 is 8.42 Å². The topological polar surface area (TPSA) is 81.2 Å². The highest BCUT2D eigenvalue weighted by Crippen LogP contribution is 2.31. The molecule has 0 atom stereocenters. The molecule has 20 heavy (non-hydrogen) atoms. The minimum absolute atomic E-state index is 0.0593. The minimum atomic E-state index is -3.46. The van der Waals surface area contributed by atoms with Gasteiger partial charge in [-0.2, -0.15) is 0 Å². The van der Waals surface area contributed by atoms with Gasteiger partial charge in [0.2, 0.25) is 0 Å². The number of aromatic nitrogens is 2. The predicted octanol–water partition coefficient (Wildman–Crippen LogP) is 1.23. The molecular weight excluding hydrogens is 276 g/mol. The van der Waals surface area contributed by atoms with E-state index in [-0.39, 0.29) is 10.7 Å². The maximum atomic E-state index is 11.9. The lowest BCUT2D eigenvalue weighted by Gasteiger charge is -2.09. The van der Waals surface area contributed by atoms with E-state index in [1.807, 2.05) is 31.2 Å². The average Bonchev–Trinajstić information content (AvgIpc) is 2.66. The molecule has 7 heteroatoms. The lowest BCUT2D eigenvalue weighted by Crippen LogP contribution is -2.13. The van der Waals surface area contributed by atoms with Crippen LogP contribution in [-0.4, -0.2) is 38.5 Å². The Morgan fingerprint density at radius 3 is 2.40 bits per heavy atom. The number of anilines is 2. The fourth-order valence-electron chi connectivity index (χ4n) is 2.01. The summed E-state index contributed by atoms with van der Waals surface area (Å²) in [4.78, 5) is 1.70. The molecule has 2 N–H and O–H groups in total. The summed E-state index contributed by atoms with van der Waals surface area (Å²) in [5.41, 5.74) is 7.79. The molecule has 0 aliphatic rings. The van der Waals surface area contributed by atoms with Crippen LogP contribution in [0.4, 0.5) is 11.6 Å². The van der Waals surface area contributed by atoms with Crippen molar-refractivity contribution >= 4 is 21.5 Å². The minimum Gasteiger partial charge on any atom is -0.382 e. The first kappa shape index (κ1) is 14.4. The summed E-state index contributed by atoms with van der Waals surface area (Å²) in [6, 6.07) is 7.56. The van der Waals surface area contributed by atoms with E-state index in [0.29, 0.717) is 5.82 Å². The average molecular weight is 294 g/mol. The molecule has 0 fully saturated rings. The fourth-order valence-corrected chi connectivity index (χ4v) is 3.03. The van der Waals surface area contributed by atoms with E-state index in [0.717, 1.165) is 17.5 Å². The Kier molecular flexibility index (Phi) is 3.47. The molecule has 0 aliphatic carbocycles. The molecule has 2 rings (SSSR count). The van der Waals surface area contributed by atoms with Gasteiger partial charge in [0, 0.05) is 20.4 Å². The van der Waals surface area contributed by atoms with Gasteiger partial charge in [0.15, 0.2) is 20.6 Å². The molecule has 1 heterocycles. The fraction of sp³-hybridized carbons (Fsp3) is 0.308. The second-order valence-corrected chi connectivity index (χ2v) is 6.91. The first-order valence-electron chi connectivity index (χ1n) is 6.04. The standard InChI is InChI=1S/C13H18N4O2S/c1-9-6-5-7-10(8-9)17-12(14)11(20(4,18)19)13(15-17)16(2)3/h5-8H,14H2,1-4H3. The van der Waals surface area contributed by atoms with Crippen LogP contribution in [0.25, 0.3) is 5.69 Å². The van der Waals surface area contributed by atoms with E-state index in [1.165, 1.54) is 4.68 Å². The number of aryl methyl sites for hydroxylation is 1. The summed E-state index contributed by atoms with van der Waals surface area (Å²) in [7, 11) is 0.00989.